The van der Waals surface area contributed by atoms with Gasteiger partial charge in [0.2, 0.25) is 0 Å². The maximum Gasteiger partial charge on any atom is 0.393 e. The first-order valence-corrected chi connectivity index (χ1v) is 11.9. The van der Waals surface area contributed by atoms with Crippen LogP contribution in [0.3, 0.4) is 0 Å². The lowest BCUT2D eigenvalue weighted by Crippen LogP contribution is -2.33. The molecular formula is C24H19BrCl2F3N3O. The van der Waals surface area contributed by atoms with Crippen molar-refractivity contribution < 1.29 is 18.0 Å². The Labute approximate surface area is 213 Å². The summed E-state index contributed by atoms with van der Waals surface area (Å²) in [6.45, 7) is 1.19. The van der Waals surface area contributed by atoms with E-state index in [1.807, 2.05) is 36.4 Å². The summed E-state index contributed by atoms with van der Waals surface area (Å²) >= 11 is 15.7. The van der Waals surface area contributed by atoms with Crippen molar-refractivity contribution in [2.75, 3.05) is 0 Å². The lowest BCUT2D eigenvalue weighted by Gasteiger charge is -2.28. The number of halogens is 6. The smallest absolute Gasteiger partial charge is 0.383 e. The standard InChI is InChI=1S/C24H19BrCl2F3N3O/c25-21-7-15(4-5-16(21)12-31-13-20-3-1-2-6-32-20)22-11-23(34-33-22,14-24(28,29)30)17-8-18(26)10-19(27)9-17/h1-10,31H,11-14H2. The number of alkyl halides is 3. The third-order valence-corrected chi connectivity index (χ3v) is 6.57. The molecule has 3 aromatic rings. The van der Waals surface area contributed by atoms with Crippen molar-refractivity contribution in [3.05, 3.63) is 97.7 Å². The second-order valence-electron chi connectivity index (χ2n) is 7.98. The third-order valence-electron chi connectivity index (χ3n) is 5.39. The van der Waals surface area contributed by atoms with Crippen LogP contribution in [0.4, 0.5) is 13.2 Å². The van der Waals surface area contributed by atoms with Crippen LogP contribution in [0.15, 0.2) is 70.4 Å². The van der Waals surface area contributed by atoms with Gasteiger partial charge in [0.25, 0.3) is 0 Å². The molecule has 0 radical (unpaired) electrons. The van der Waals surface area contributed by atoms with E-state index in [0.29, 0.717) is 24.4 Å². The van der Waals surface area contributed by atoms with Crippen molar-refractivity contribution in [2.24, 2.45) is 5.16 Å². The highest BCUT2D eigenvalue weighted by Crippen LogP contribution is 2.46. The van der Waals surface area contributed by atoms with Gasteiger partial charge in [-0.25, -0.2) is 0 Å². The van der Waals surface area contributed by atoms with Crippen LogP contribution in [0.1, 0.15) is 35.2 Å². The molecule has 1 N–H and O–H groups in total. The Morgan fingerprint density at radius 3 is 2.44 bits per heavy atom. The molecule has 10 heteroatoms. The average molecular weight is 573 g/mol. The van der Waals surface area contributed by atoms with Gasteiger partial charge in [-0.1, -0.05) is 62.5 Å². The Bertz CT molecular complexity index is 1190. The first-order chi connectivity index (χ1) is 16.1. The number of benzene rings is 2. The molecule has 4 nitrogen and oxygen atoms in total. The van der Waals surface area contributed by atoms with Crippen molar-refractivity contribution in [3.63, 3.8) is 0 Å². The molecule has 1 atom stereocenters. The van der Waals surface area contributed by atoms with Gasteiger partial charge in [-0.2, -0.15) is 13.2 Å². The van der Waals surface area contributed by atoms with E-state index < -0.39 is 18.2 Å². The summed E-state index contributed by atoms with van der Waals surface area (Å²) in [4.78, 5) is 9.75. The number of hydrogen-bond donors (Lipinski definition) is 1. The summed E-state index contributed by atoms with van der Waals surface area (Å²) in [7, 11) is 0. The largest absolute Gasteiger partial charge is 0.393 e. The minimum atomic E-state index is -4.48. The van der Waals surface area contributed by atoms with Gasteiger partial charge in [0, 0.05) is 51.4 Å². The zero-order valence-corrected chi connectivity index (χ0v) is 20.8. The number of rotatable bonds is 7. The number of pyridine rings is 1. The summed E-state index contributed by atoms with van der Waals surface area (Å²) < 4.78 is 41.3. The van der Waals surface area contributed by atoms with Gasteiger partial charge in [0.15, 0.2) is 5.60 Å². The first kappa shape index (κ1) is 25.0. The molecule has 178 valence electrons. The lowest BCUT2D eigenvalue weighted by atomic mass is 9.84. The van der Waals surface area contributed by atoms with Crippen LogP contribution >= 0.6 is 39.1 Å². The minimum Gasteiger partial charge on any atom is -0.383 e. The number of hydrogen-bond acceptors (Lipinski definition) is 4. The minimum absolute atomic E-state index is 0.0765. The van der Waals surface area contributed by atoms with E-state index in [1.54, 1.807) is 6.20 Å². The van der Waals surface area contributed by atoms with Crippen LogP contribution in [-0.4, -0.2) is 16.9 Å². The Hall–Kier alpha value is -2.13. The average Bonchev–Trinajstić information content (AvgIpc) is 3.18. The topological polar surface area (TPSA) is 46.5 Å². The van der Waals surface area contributed by atoms with E-state index >= 15 is 0 Å². The summed E-state index contributed by atoms with van der Waals surface area (Å²) in [5.74, 6) is 0. The van der Waals surface area contributed by atoms with Gasteiger partial charge in [-0.3, -0.25) is 4.98 Å². The third kappa shape index (κ3) is 6.10. The summed E-state index contributed by atoms with van der Waals surface area (Å²) in [5, 5.41) is 7.82. The predicted molar refractivity (Wildman–Crippen MR) is 130 cm³/mol. The molecule has 0 saturated heterocycles. The van der Waals surface area contributed by atoms with Crippen LogP contribution in [0.2, 0.25) is 10.0 Å². The Morgan fingerprint density at radius 1 is 1.03 bits per heavy atom. The molecule has 0 amide bonds. The monoisotopic (exact) mass is 571 g/mol. The molecule has 34 heavy (non-hydrogen) atoms. The van der Waals surface area contributed by atoms with Crippen LogP contribution < -0.4 is 5.32 Å². The van der Waals surface area contributed by atoms with Crippen molar-refractivity contribution in [1.29, 1.82) is 0 Å². The maximum atomic E-state index is 13.5. The number of oxime groups is 1. The van der Waals surface area contributed by atoms with Gasteiger partial charge in [0.05, 0.1) is 17.8 Å². The van der Waals surface area contributed by atoms with Crippen molar-refractivity contribution in [1.82, 2.24) is 10.3 Å². The number of nitrogens with zero attached hydrogens (tertiary/aromatic N) is 2. The fraction of sp³-hybridized carbons (Fsp3) is 0.250. The van der Waals surface area contributed by atoms with E-state index in [-0.39, 0.29) is 22.0 Å². The normalized spacial score (nSPS) is 18.0. The van der Waals surface area contributed by atoms with Gasteiger partial charge < -0.3 is 10.2 Å². The molecule has 4 rings (SSSR count). The van der Waals surface area contributed by atoms with E-state index in [1.165, 1.54) is 18.2 Å². The molecule has 0 aliphatic carbocycles. The highest BCUT2D eigenvalue weighted by atomic mass is 79.9. The SMILES string of the molecule is FC(F)(F)CC1(c2cc(Cl)cc(Cl)c2)CC(c2ccc(CNCc3ccccn3)c(Br)c2)=NO1. The number of aromatic nitrogens is 1. The molecule has 0 spiro atoms. The predicted octanol–water partition coefficient (Wildman–Crippen LogP) is 7.41. The summed E-state index contributed by atoms with van der Waals surface area (Å²) in [6.07, 6.45) is -4.04. The highest BCUT2D eigenvalue weighted by Gasteiger charge is 2.50. The maximum absolute atomic E-state index is 13.5. The molecule has 1 unspecified atom stereocenters. The van der Waals surface area contributed by atoms with Gasteiger partial charge in [0.1, 0.15) is 0 Å². The molecule has 1 aliphatic heterocycles. The number of nitrogens with one attached hydrogen (secondary N) is 1. The fourth-order valence-corrected chi connectivity index (χ4v) is 4.87. The molecule has 0 fully saturated rings. The van der Waals surface area contributed by atoms with Gasteiger partial charge in [-0.15, -0.1) is 0 Å². The Morgan fingerprint density at radius 2 is 1.79 bits per heavy atom. The summed E-state index contributed by atoms with van der Waals surface area (Å²) in [5.41, 5.74) is 1.48. The van der Waals surface area contributed by atoms with Crippen molar-refractivity contribution >= 4 is 44.8 Å². The van der Waals surface area contributed by atoms with Crippen LogP contribution in [0, 0.1) is 0 Å². The molecule has 0 bridgehead atoms. The van der Waals surface area contributed by atoms with Crippen LogP contribution in [-0.2, 0) is 23.5 Å². The molecular weight excluding hydrogens is 554 g/mol. The van der Waals surface area contributed by atoms with E-state index in [0.717, 1.165) is 15.7 Å². The lowest BCUT2D eigenvalue weighted by molar-refractivity contribution is -0.186. The fourth-order valence-electron chi connectivity index (χ4n) is 3.82. The molecule has 1 aromatic heterocycles. The van der Waals surface area contributed by atoms with E-state index in [4.69, 9.17) is 28.0 Å². The Balaban J connectivity index is 1.51. The van der Waals surface area contributed by atoms with E-state index in [2.05, 4.69) is 31.4 Å². The van der Waals surface area contributed by atoms with Crippen LogP contribution in [0.5, 0.6) is 0 Å². The zero-order chi connectivity index (χ0) is 24.3. The second-order valence-corrected chi connectivity index (χ2v) is 9.71. The Kier molecular flexibility index (Phi) is 7.52. The van der Waals surface area contributed by atoms with Crippen molar-refractivity contribution in [2.45, 2.75) is 37.7 Å². The molecule has 0 saturated carbocycles. The highest BCUT2D eigenvalue weighted by molar-refractivity contribution is 9.10. The van der Waals surface area contributed by atoms with Crippen molar-refractivity contribution in [3.8, 4) is 0 Å². The molecule has 2 aromatic carbocycles. The van der Waals surface area contributed by atoms with E-state index in [9.17, 15) is 13.2 Å². The summed E-state index contributed by atoms with van der Waals surface area (Å²) in [6, 6.07) is 15.6. The zero-order valence-electron chi connectivity index (χ0n) is 17.7. The first-order valence-electron chi connectivity index (χ1n) is 10.3. The molecule has 1 aliphatic rings. The quantitative estimate of drug-likeness (QED) is 0.320. The van der Waals surface area contributed by atoms with Gasteiger partial charge >= 0.3 is 6.18 Å². The molecule has 2 heterocycles. The second kappa shape index (κ2) is 10.2. The van der Waals surface area contributed by atoms with Gasteiger partial charge in [-0.05, 0) is 42.0 Å². The van der Waals surface area contributed by atoms with Crippen LogP contribution in [0.25, 0.3) is 0 Å².